The molecule has 15 atom stereocenters. The van der Waals surface area contributed by atoms with Crippen LogP contribution in [-0.4, -0.2) is 176 Å². The molecule has 3 aromatic rings. The first-order chi connectivity index (χ1) is 25.6. The summed E-state index contributed by atoms with van der Waals surface area (Å²) in [5.41, 5.74) is -3.43. The number of phenolic OH excluding ortho intramolecular Hbond substituents is 3. The van der Waals surface area contributed by atoms with Crippen LogP contribution in [0.1, 0.15) is 23.3 Å². The normalized spacial score (nSPS) is 37.4. The van der Waals surface area contributed by atoms with Crippen LogP contribution in [0.25, 0.3) is 22.3 Å². The predicted molar refractivity (Wildman–Crippen MR) is 173 cm³/mol. The highest BCUT2D eigenvalue weighted by Gasteiger charge is 2.52. The summed E-state index contributed by atoms with van der Waals surface area (Å²) in [4.78, 5) is 14.0. The molecule has 3 aliphatic rings. The molecule has 4 heterocycles. The van der Waals surface area contributed by atoms with Gasteiger partial charge in [-0.25, -0.2) is 0 Å². The fraction of sp³-hybridized carbons (Fsp3) is 0.545. The van der Waals surface area contributed by atoms with E-state index < -0.39 is 162 Å². The van der Waals surface area contributed by atoms with Gasteiger partial charge in [0.25, 0.3) is 0 Å². The van der Waals surface area contributed by atoms with Gasteiger partial charge in [0.15, 0.2) is 22.5 Å². The third kappa shape index (κ3) is 6.65. The van der Waals surface area contributed by atoms with Crippen LogP contribution in [0.5, 0.6) is 23.0 Å². The summed E-state index contributed by atoms with van der Waals surface area (Å²) >= 11 is 0. The van der Waals surface area contributed by atoms with Crippen molar-refractivity contribution in [3.05, 3.63) is 45.6 Å². The maximum absolute atomic E-state index is 14.0. The van der Waals surface area contributed by atoms with Crippen molar-refractivity contribution in [2.45, 2.75) is 91.7 Å². The molecule has 0 spiro atoms. The molecule has 6 rings (SSSR count). The van der Waals surface area contributed by atoms with Crippen molar-refractivity contribution in [2.75, 3.05) is 19.8 Å². The number of hydrogen-bond acceptors (Lipinski definition) is 21. The minimum absolute atomic E-state index is 0.0574. The van der Waals surface area contributed by atoms with E-state index in [1.165, 1.54) is 6.07 Å². The third-order valence-corrected chi connectivity index (χ3v) is 9.87. The van der Waals surface area contributed by atoms with Gasteiger partial charge in [0.2, 0.25) is 6.29 Å². The Morgan fingerprint density at radius 2 is 1.07 bits per heavy atom. The molecule has 0 bridgehead atoms. The van der Waals surface area contributed by atoms with Crippen molar-refractivity contribution < 1.29 is 100.0 Å². The highest BCUT2D eigenvalue weighted by atomic mass is 16.7. The molecule has 0 radical (unpaired) electrons. The molecule has 21 heteroatoms. The number of rotatable bonds is 8. The van der Waals surface area contributed by atoms with E-state index in [2.05, 4.69) is 0 Å². The lowest BCUT2D eigenvalue weighted by molar-refractivity contribution is -0.279. The summed E-state index contributed by atoms with van der Waals surface area (Å²) in [6.45, 7) is -2.92. The predicted octanol–water partition coefficient (Wildman–Crippen LogP) is -5.21. The number of ether oxygens (including phenoxy) is 4. The summed E-state index contributed by atoms with van der Waals surface area (Å²) in [6.07, 6.45) is -30.0. The minimum atomic E-state index is -2.22. The fourth-order valence-electron chi connectivity index (χ4n) is 6.83. The Bertz CT molecular complexity index is 1880. The monoisotopic (exact) mass is 772 g/mol. The summed E-state index contributed by atoms with van der Waals surface area (Å²) in [7, 11) is 0. The van der Waals surface area contributed by atoms with E-state index in [-0.39, 0.29) is 11.3 Å². The smallest absolute Gasteiger partial charge is 0.229 e. The highest BCUT2D eigenvalue weighted by molar-refractivity contribution is 5.92. The van der Waals surface area contributed by atoms with Crippen LogP contribution >= 0.6 is 0 Å². The second-order valence-electron chi connectivity index (χ2n) is 13.2. The summed E-state index contributed by atoms with van der Waals surface area (Å²) in [6, 6.07) is 4.06. The Labute approximate surface area is 302 Å². The van der Waals surface area contributed by atoms with Crippen LogP contribution in [0.3, 0.4) is 0 Å². The first-order valence-electron chi connectivity index (χ1n) is 16.5. The zero-order valence-corrected chi connectivity index (χ0v) is 27.7. The largest absolute Gasteiger partial charge is 0.506 e. The Hall–Kier alpha value is -3.75. The van der Waals surface area contributed by atoms with E-state index in [1.54, 1.807) is 0 Å². The number of aliphatic hydroxyl groups is 12. The van der Waals surface area contributed by atoms with Gasteiger partial charge in [-0.3, -0.25) is 4.79 Å². The molecule has 0 amide bonds. The number of hydrogen-bond donors (Lipinski definition) is 15. The molecule has 0 unspecified atom stereocenters. The van der Waals surface area contributed by atoms with Gasteiger partial charge < -0.3 is 100.0 Å². The summed E-state index contributed by atoms with van der Waals surface area (Å²) in [5.74, 6) is -3.65. The van der Waals surface area contributed by atoms with E-state index in [9.17, 15) is 81.4 Å². The molecule has 298 valence electrons. The highest BCUT2D eigenvalue weighted by Crippen LogP contribution is 2.52. The number of aliphatic hydroxyl groups excluding tert-OH is 12. The first kappa shape index (κ1) is 39.9. The van der Waals surface area contributed by atoms with Crippen molar-refractivity contribution in [3.63, 3.8) is 0 Å². The second kappa shape index (κ2) is 15.4. The van der Waals surface area contributed by atoms with E-state index >= 15 is 0 Å². The van der Waals surface area contributed by atoms with Crippen LogP contribution in [0.4, 0.5) is 0 Å². The van der Waals surface area contributed by atoms with Crippen LogP contribution in [-0.2, 0) is 14.2 Å². The number of phenols is 3. The first-order valence-corrected chi connectivity index (χ1v) is 16.5. The molecule has 0 saturated carbocycles. The molecule has 3 fully saturated rings. The topological polar surface area (TPSA) is 371 Å². The quantitative estimate of drug-likeness (QED) is 0.0951. The van der Waals surface area contributed by atoms with Gasteiger partial charge in [0.1, 0.15) is 108 Å². The van der Waals surface area contributed by atoms with E-state index in [4.69, 9.17) is 23.4 Å². The molecular formula is C33H40O21. The number of aromatic hydroxyl groups is 3. The lowest BCUT2D eigenvalue weighted by Crippen LogP contribution is -2.60. The Kier molecular flexibility index (Phi) is 11.4. The molecule has 54 heavy (non-hydrogen) atoms. The van der Waals surface area contributed by atoms with Gasteiger partial charge >= 0.3 is 0 Å². The maximum atomic E-state index is 14.0. The summed E-state index contributed by atoms with van der Waals surface area (Å²) in [5, 5.41) is 158. The zero-order chi connectivity index (χ0) is 39.5. The van der Waals surface area contributed by atoms with Crippen LogP contribution < -0.4 is 10.2 Å². The molecule has 1 aromatic heterocycles. The van der Waals surface area contributed by atoms with Crippen LogP contribution in [0, 0.1) is 0 Å². The number of benzene rings is 2. The Morgan fingerprint density at radius 3 is 1.59 bits per heavy atom. The molecular weight excluding hydrogens is 732 g/mol. The molecule has 0 aliphatic carbocycles. The van der Waals surface area contributed by atoms with Crippen molar-refractivity contribution in [3.8, 4) is 34.3 Å². The van der Waals surface area contributed by atoms with E-state index in [1.807, 2.05) is 0 Å². The van der Waals surface area contributed by atoms with Crippen molar-refractivity contribution >= 4 is 11.0 Å². The van der Waals surface area contributed by atoms with Gasteiger partial charge in [-0.1, -0.05) is 0 Å². The van der Waals surface area contributed by atoms with Gasteiger partial charge in [0, 0.05) is 11.6 Å². The lowest BCUT2D eigenvalue weighted by atomic mass is 9.85. The average Bonchev–Trinajstić information content (AvgIpc) is 3.15. The Balaban J connectivity index is 1.72. The minimum Gasteiger partial charge on any atom is -0.506 e. The number of fused-ring (bicyclic) bond motifs is 1. The van der Waals surface area contributed by atoms with Crippen molar-refractivity contribution in [2.24, 2.45) is 0 Å². The van der Waals surface area contributed by atoms with Crippen LogP contribution in [0.2, 0.25) is 0 Å². The van der Waals surface area contributed by atoms with Gasteiger partial charge in [-0.05, 0) is 18.2 Å². The third-order valence-electron chi connectivity index (χ3n) is 9.87. The SMILES string of the molecule is O=c1cc(-c2ccc(O)c(O)c2)oc2c([C@@H]3O[C@H](CO)[C@@H](O)[C@H](O)[C@H]3O)c(O[C@@H]3O[C@H](CO)[C@@H](O)[C@H](O)[C@H]3O)c([C@@H]3O[C@H](CO)[C@@H](O)[C@H](O)[C@H]3O)c(O)c12. The fourth-order valence-corrected chi connectivity index (χ4v) is 6.83. The van der Waals surface area contributed by atoms with Gasteiger partial charge in [-0.2, -0.15) is 0 Å². The van der Waals surface area contributed by atoms with Crippen molar-refractivity contribution in [1.29, 1.82) is 0 Å². The average molecular weight is 773 g/mol. The van der Waals surface area contributed by atoms with E-state index in [0.29, 0.717) is 0 Å². The van der Waals surface area contributed by atoms with Gasteiger partial charge in [0.05, 0.1) is 30.9 Å². The van der Waals surface area contributed by atoms with Crippen molar-refractivity contribution in [1.82, 2.24) is 0 Å². The molecule has 3 aliphatic heterocycles. The maximum Gasteiger partial charge on any atom is 0.229 e. The standard InChI is InChI=1S/C33H40O21/c34-5-13-19(40)23(44)26(47)31(51-13)17-22(43)16-11(39)4-12(8-1-2-9(37)10(38)3-8)50-29(16)18(32-27(48)24(45)20(41)14(6-35)52-32)30(17)54-33-28(49)25(46)21(42)15(7-36)53-33/h1-4,13-15,19-21,23-28,31-38,40-49H,5-7H2/t13-,14-,15-,19-,20-,21-,23+,24+,25+,26-,27-,28-,31+,32+,33+/m1/s1. The van der Waals surface area contributed by atoms with E-state index in [0.717, 1.165) is 18.2 Å². The van der Waals surface area contributed by atoms with Crippen LogP contribution in [0.15, 0.2) is 33.5 Å². The second-order valence-corrected chi connectivity index (χ2v) is 13.2. The summed E-state index contributed by atoms with van der Waals surface area (Å²) < 4.78 is 29.1. The lowest BCUT2D eigenvalue weighted by Gasteiger charge is -2.44. The molecule has 3 saturated heterocycles. The zero-order valence-electron chi connectivity index (χ0n) is 27.7. The molecule has 2 aromatic carbocycles. The molecule has 21 nitrogen and oxygen atoms in total. The Morgan fingerprint density at radius 1 is 0.574 bits per heavy atom. The van der Waals surface area contributed by atoms with Gasteiger partial charge in [-0.15, -0.1) is 0 Å². The molecule has 15 N–H and O–H groups in total.